The van der Waals surface area contributed by atoms with Crippen LogP contribution in [0.25, 0.3) is 5.57 Å². The molecule has 2 aromatic carbocycles. The Morgan fingerprint density at radius 1 is 1.17 bits per heavy atom. The molecular weight excluding hydrogens is 286 g/mol. The van der Waals surface area contributed by atoms with Crippen molar-refractivity contribution >= 4 is 17.5 Å². The molecule has 0 bridgehead atoms. The van der Waals surface area contributed by atoms with E-state index in [0.717, 1.165) is 34.2 Å². The first-order chi connectivity index (χ1) is 11.1. The topological polar surface area (TPSA) is 70.1 Å². The van der Waals surface area contributed by atoms with Gasteiger partial charge in [-0.15, -0.1) is 0 Å². The van der Waals surface area contributed by atoms with Crippen LogP contribution in [-0.2, 0) is 4.79 Å². The Morgan fingerprint density at radius 2 is 1.83 bits per heavy atom. The Hall–Kier alpha value is -3.06. The van der Waals surface area contributed by atoms with Crippen molar-refractivity contribution in [2.75, 3.05) is 4.90 Å². The van der Waals surface area contributed by atoms with Crippen LogP contribution in [0.4, 0.5) is 5.69 Å². The number of hydrogen-bond acceptors (Lipinski definition) is 4. The van der Waals surface area contributed by atoms with E-state index in [1.54, 1.807) is 4.90 Å². The van der Waals surface area contributed by atoms with Crippen LogP contribution in [0.1, 0.15) is 28.3 Å². The minimum atomic E-state index is -0.538. The average molecular weight is 303 g/mol. The van der Waals surface area contributed by atoms with E-state index in [2.05, 4.69) is 12.1 Å². The minimum Gasteiger partial charge on any atom is -0.384 e. The van der Waals surface area contributed by atoms with Crippen molar-refractivity contribution < 1.29 is 4.79 Å². The van der Waals surface area contributed by atoms with Gasteiger partial charge >= 0.3 is 0 Å². The average Bonchev–Trinajstić information content (AvgIpc) is 2.52. The van der Waals surface area contributed by atoms with Crippen LogP contribution in [0.5, 0.6) is 0 Å². The Labute approximate surface area is 135 Å². The molecule has 1 aliphatic heterocycles. The number of carbonyl (C=O) groups excluding carboxylic acids is 1. The van der Waals surface area contributed by atoms with Crippen molar-refractivity contribution in [2.45, 2.75) is 19.9 Å². The molecule has 4 heteroatoms. The Morgan fingerprint density at radius 3 is 2.43 bits per heavy atom. The fraction of sp³-hybridized carbons (Fsp3) is 0.158. The number of anilines is 1. The maximum Gasteiger partial charge on any atom is 0.147 e. The summed E-state index contributed by atoms with van der Waals surface area (Å²) in [6.45, 7) is 3.99. The van der Waals surface area contributed by atoms with Crippen LogP contribution >= 0.6 is 0 Å². The second-order valence-electron chi connectivity index (χ2n) is 5.76. The minimum absolute atomic E-state index is 0.313. The van der Waals surface area contributed by atoms with Crippen molar-refractivity contribution in [2.24, 2.45) is 5.73 Å². The Bertz CT molecular complexity index is 841. The van der Waals surface area contributed by atoms with Crippen molar-refractivity contribution in [1.82, 2.24) is 0 Å². The number of aryl methyl sites for hydroxylation is 2. The zero-order chi connectivity index (χ0) is 16.6. The fourth-order valence-electron chi connectivity index (χ4n) is 3.17. The van der Waals surface area contributed by atoms with Crippen molar-refractivity contribution in [3.8, 4) is 6.07 Å². The molecule has 1 aliphatic rings. The first-order valence-electron chi connectivity index (χ1n) is 7.38. The third-order valence-electron chi connectivity index (χ3n) is 4.07. The van der Waals surface area contributed by atoms with E-state index < -0.39 is 6.04 Å². The lowest BCUT2D eigenvalue weighted by atomic mass is 9.90. The van der Waals surface area contributed by atoms with E-state index in [1.165, 1.54) is 0 Å². The van der Waals surface area contributed by atoms with Gasteiger partial charge in [0.05, 0.1) is 5.57 Å². The van der Waals surface area contributed by atoms with E-state index in [-0.39, 0.29) is 0 Å². The summed E-state index contributed by atoms with van der Waals surface area (Å²) in [5.41, 5.74) is 11.2. The van der Waals surface area contributed by atoms with Gasteiger partial charge in [0.25, 0.3) is 0 Å². The van der Waals surface area contributed by atoms with Gasteiger partial charge in [0.1, 0.15) is 24.2 Å². The highest BCUT2D eigenvalue weighted by molar-refractivity contribution is 5.90. The first-order valence-corrected chi connectivity index (χ1v) is 7.38. The van der Waals surface area contributed by atoms with Gasteiger partial charge in [0.2, 0.25) is 0 Å². The van der Waals surface area contributed by atoms with Gasteiger partial charge in [-0.1, -0.05) is 30.3 Å². The van der Waals surface area contributed by atoms with Gasteiger partial charge in [-0.2, -0.15) is 5.26 Å². The number of hydrogen-bond donors (Lipinski definition) is 1. The third kappa shape index (κ3) is 2.36. The summed E-state index contributed by atoms with van der Waals surface area (Å²) in [5, 5.41) is 9.54. The molecule has 3 rings (SSSR count). The predicted molar refractivity (Wildman–Crippen MR) is 90.4 cm³/mol. The molecule has 0 fully saturated rings. The largest absolute Gasteiger partial charge is 0.384 e. The smallest absolute Gasteiger partial charge is 0.147 e. The number of allylic oxidation sites excluding steroid dienone is 1. The van der Waals surface area contributed by atoms with Gasteiger partial charge < -0.3 is 15.4 Å². The van der Waals surface area contributed by atoms with Crippen molar-refractivity contribution in [3.05, 3.63) is 70.5 Å². The second-order valence-corrected chi connectivity index (χ2v) is 5.76. The first kappa shape index (κ1) is 14.9. The lowest BCUT2D eigenvalue weighted by Crippen LogP contribution is -2.37. The van der Waals surface area contributed by atoms with Crippen molar-refractivity contribution in [3.63, 3.8) is 0 Å². The molecule has 0 amide bonds. The SMILES string of the molecule is Cc1cc(C)cc(N2C(N)=C(C#N)c3ccccc3C2C=O)c1. The summed E-state index contributed by atoms with van der Waals surface area (Å²) < 4.78 is 0. The monoisotopic (exact) mass is 303 g/mol. The van der Waals surface area contributed by atoms with Gasteiger partial charge in [-0.05, 0) is 42.7 Å². The molecule has 0 saturated heterocycles. The van der Waals surface area contributed by atoms with E-state index in [9.17, 15) is 10.1 Å². The third-order valence-corrected chi connectivity index (χ3v) is 4.07. The lowest BCUT2D eigenvalue weighted by molar-refractivity contribution is -0.109. The zero-order valence-corrected chi connectivity index (χ0v) is 13.1. The number of nitrogens with two attached hydrogens (primary N) is 1. The number of nitrogens with zero attached hydrogens (tertiary/aromatic N) is 2. The molecule has 23 heavy (non-hydrogen) atoms. The molecule has 4 nitrogen and oxygen atoms in total. The van der Waals surface area contributed by atoms with Gasteiger partial charge in [0.15, 0.2) is 0 Å². The van der Waals surface area contributed by atoms with Crippen LogP contribution in [-0.4, -0.2) is 6.29 Å². The number of nitriles is 1. The molecule has 114 valence electrons. The Kier molecular flexibility index (Phi) is 3.63. The summed E-state index contributed by atoms with van der Waals surface area (Å²) >= 11 is 0. The highest BCUT2D eigenvalue weighted by Gasteiger charge is 2.32. The van der Waals surface area contributed by atoms with E-state index in [4.69, 9.17) is 5.73 Å². The predicted octanol–water partition coefficient (Wildman–Crippen LogP) is 3.21. The van der Waals surface area contributed by atoms with Gasteiger partial charge in [-0.25, -0.2) is 0 Å². The molecule has 0 aromatic heterocycles. The molecule has 0 aliphatic carbocycles. The van der Waals surface area contributed by atoms with Crippen LogP contribution in [0, 0.1) is 25.2 Å². The normalized spacial score (nSPS) is 16.7. The molecule has 0 spiro atoms. The zero-order valence-electron chi connectivity index (χ0n) is 13.1. The molecular formula is C19H17N3O. The molecule has 0 saturated carbocycles. The number of fused-ring (bicyclic) bond motifs is 1. The lowest BCUT2D eigenvalue weighted by Gasteiger charge is -2.36. The second kappa shape index (κ2) is 5.62. The summed E-state index contributed by atoms with van der Waals surface area (Å²) in [7, 11) is 0. The maximum atomic E-state index is 11.8. The van der Waals surface area contributed by atoms with Crippen LogP contribution in [0.3, 0.4) is 0 Å². The van der Waals surface area contributed by atoms with Crippen LogP contribution in [0.15, 0.2) is 48.3 Å². The number of carbonyl (C=O) groups is 1. The highest BCUT2D eigenvalue weighted by Crippen LogP contribution is 2.39. The fourth-order valence-corrected chi connectivity index (χ4v) is 3.17. The highest BCUT2D eigenvalue weighted by atomic mass is 16.1. The Balaban J connectivity index is 2.28. The molecule has 2 aromatic rings. The summed E-state index contributed by atoms with van der Waals surface area (Å²) in [5.74, 6) is 0.313. The maximum absolute atomic E-state index is 11.8. The standard InChI is InChI=1S/C19H17N3O/c1-12-7-13(2)9-14(8-12)22-18(11-23)16-6-4-3-5-15(16)17(10-20)19(22)21/h3-9,11,18H,21H2,1-2H3. The van der Waals surface area contributed by atoms with E-state index in [1.807, 2.05) is 50.2 Å². The van der Waals surface area contributed by atoms with Crippen LogP contribution < -0.4 is 10.6 Å². The van der Waals surface area contributed by atoms with E-state index in [0.29, 0.717) is 11.4 Å². The molecule has 2 N–H and O–H groups in total. The molecule has 1 heterocycles. The number of aldehydes is 1. The molecule has 1 atom stereocenters. The van der Waals surface area contributed by atoms with E-state index >= 15 is 0 Å². The number of benzene rings is 2. The summed E-state index contributed by atoms with van der Waals surface area (Å²) in [6, 6.07) is 15.1. The summed E-state index contributed by atoms with van der Waals surface area (Å²) in [4.78, 5) is 13.6. The number of rotatable bonds is 2. The van der Waals surface area contributed by atoms with Crippen molar-refractivity contribution in [1.29, 1.82) is 5.26 Å². The quantitative estimate of drug-likeness (QED) is 0.865. The molecule has 1 unspecified atom stereocenters. The van der Waals surface area contributed by atoms with Crippen LogP contribution in [0.2, 0.25) is 0 Å². The molecule has 0 radical (unpaired) electrons. The summed E-state index contributed by atoms with van der Waals surface area (Å²) in [6.07, 6.45) is 0.873. The van der Waals surface area contributed by atoms with Gasteiger partial charge in [-0.3, -0.25) is 0 Å². The van der Waals surface area contributed by atoms with Gasteiger partial charge in [0, 0.05) is 11.3 Å².